The highest BCUT2D eigenvalue weighted by Gasteiger charge is 2.23. The minimum atomic E-state index is -0.735. The number of aromatic nitrogens is 2. The van der Waals surface area contributed by atoms with Crippen LogP contribution in [0.2, 0.25) is 0 Å². The quantitative estimate of drug-likeness (QED) is 0.245. The highest BCUT2D eigenvalue weighted by molar-refractivity contribution is 7.22. The molecule has 35 heavy (non-hydrogen) atoms. The molecular weight excluding hydrogens is 468 g/mol. The first-order valence-corrected chi connectivity index (χ1v) is 12.0. The molecule has 0 N–H and O–H groups in total. The number of fused-ring (bicyclic) bond motifs is 1. The Morgan fingerprint density at radius 1 is 1.06 bits per heavy atom. The van der Waals surface area contributed by atoms with E-state index in [0.29, 0.717) is 11.0 Å². The lowest BCUT2D eigenvalue weighted by molar-refractivity contribution is -0.117. The van der Waals surface area contributed by atoms with E-state index >= 15 is 0 Å². The van der Waals surface area contributed by atoms with Crippen molar-refractivity contribution in [3.05, 3.63) is 96.0 Å². The van der Waals surface area contributed by atoms with E-state index in [1.54, 1.807) is 4.90 Å². The van der Waals surface area contributed by atoms with E-state index in [9.17, 15) is 13.6 Å². The molecule has 0 aliphatic rings. The summed E-state index contributed by atoms with van der Waals surface area (Å²) in [5.74, 6) is -1.09. The summed E-state index contributed by atoms with van der Waals surface area (Å²) in [5.41, 5.74) is 2.84. The Morgan fingerprint density at radius 3 is 2.60 bits per heavy atom. The van der Waals surface area contributed by atoms with Gasteiger partial charge in [-0.15, -0.1) is 0 Å². The van der Waals surface area contributed by atoms with Crippen molar-refractivity contribution in [1.29, 1.82) is 0 Å². The largest absolute Gasteiger partial charge is 0.441 e. The van der Waals surface area contributed by atoms with Crippen LogP contribution in [-0.2, 0) is 17.6 Å². The average Bonchev–Trinajstić information content (AvgIpc) is 3.50. The number of rotatable bonds is 7. The van der Waals surface area contributed by atoms with Gasteiger partial charge in [0.05, 0.1) is 27.7 Å². The summed E-state index contributed by atoms with van der Waals surface area (Å²) >= 11 is 1.45. The van der Waals surface area contributed by atoms with Crippen LogP contribution in [0.15, 0.2) is 77.3 Å². The third-order valence-electron chi connectivity index (χ3n) is 5.63. The summed E-state index contributed by atoms with van der Waals surface area (Å²) < 4.78 is 33.9. The number of hydrogen-bond donors (Lipinski definition) is 0. The Balaban J connectivity index is 1.39. The fourth-order valence-electron chi connectivity index (χ4n) is 3.76. The second-order valence-corrected chi connectivity index (χ2v) is 8.96. The zero-order chi connectivity index (χ0) is 24.4. The molecule has 5 aromatic rings. The molecule has 0 unspecified atom stereocenters. The SMILES string of the molecule is CCc1ccc(N(C(=O)CCc2ncc(-c3ccc(F)cc3F)o2)c2nc3ccccc3s2)cc1. The average molecular weight is 490 g/mol. The number of thiazole rings is 1. The van der Waals surface area contributed by atoms with Gasteiger partial charge in [-0.25, -0.2) is 18.7 Å². The van der Waals surface area contributed by atoms with Crippen LogP contribution in [0, 0.1) is 11.6 Å². The van der Waals surface area contributed by atoms with Crippen LogP contribution in [-0.4, -0.2) is 15.9 Å². The fraction of sp³-hybridized carbons (Fsp3) is 0.148. The van der Waals surface area contributed by atoms with E-state index in [-0.39, 0.29) is 30.1 Å². The molecule has 176 valence electrons. The molecule has 5 nitrogen and oxygen atoms in total. The third-order valence-corrected chi connectivity index (χ3v) is 6.65. The number of halogens is 2. The van der Waals surface area contributed by atoms with Crippen molar-refractivity contribution in [2.75, 3.05) is 4.90 Å². The van der Waals surface area contributed by atoms with Crippen LogP contribution < -0.4 is 4.90 Å². The predicted octanol–water partition coefficient (Wildman–Crippen LogP) is 7.09. The van der Waals surface area contributed by atoms with Crippen LogP contribution in [0.25, 0.3) is 21.5 Å². The van der Waals surface area contributed by atoms with Crippen LogP contribution in [0.1, 0.15) is 24.8 Å². The van der Waals surface area contributed by atoms with Gasteiger partial charge in [-0.2, -0.15) is 0 Å². The number of benzene rings is 3. The van der Waals surface area contributed by atoms with E-state index in [1.165, 1.54) is 29.2 Å². The highest BCUT2D eigenvalue weighted by atomic mass is 32.1. The summed E-state index contributed by atoms with van der Waals surface area (Å²) in [6.07, 6.45) is 2.61. The van der Waals surface area contributed by atoms with Crippen molar-refractivity contribution < 1.29 is 18.0 Å². The molecule has 5 rings (SSSR count). The summed E-state index contributed by atoms with van der Waals surface area (Å²) in [5, 5.41) is 0.585. The van der Waals surface area contributed by atoms with Gasteiger partial charge < -0.3 is 4.42 Å². The van der Waals surface area contributed by atoms with Gasteiger partial charge in [0, 0.05) is 18.9 Å². The number of para-hydroxylation sites is 1. The summed E-state index contributed by atoms with van der Waals surface area (Å²) in [6, 6.07) is 18.8. The zero-order valence-corrected chi connectivity index (χ0v) is 19.7. The smallest absolute Gasteiger partial charge is 0.233 e. The summed E-state index contributed by atoms with van der Waals surface area (Å²) in [4.78, 5) is 23.9. The Bertz CT molecular complexity index is 1460. The van der Waals surface area contributed by atoms with Crippen LogP contribution in [0.4, 0.5) is 19.6 Å². The van der Waals surface area contributed by atoms with Crippen molar-refractivity contribution in [1.82, 2.24) is 9.97 Å². The van der Waals surface area contributed by atoms with E-state index in [1.807, 2.05) is 48.5 Å². The normalized spacial score (nSPS) is 11.2. The lowest BCUT2D eigenvalue weighted by Crippen LogP contribution is -2.26. The maximum absolute atomic E-state index is 14.1. The van der Waals surface area contributed by atoms with E-state index in [4.69, 9.17) is 4.42 Å². The number of carbonyl (C=O) groups excluding carboxylic acids is 1. The topological polar surface area (TPSA) is 59.2 Å². The van der Waals surface area contributed by atoms with Crippen LogP contribution in [0.5, 0.6) is 0 Å². The molecule has 3 aromatic carbocycles. The first-order chi connectivity index (χ1) is 17.0. The maximum atomic E-state index is 14.1. The van der Waals surface area contributed by atoms with E-state index in [2.05, 4.69) is 16.9 Å². The number of hydrogen-bond acceptors (Lipinski definition) is 5. The maximum Gasteiger partial charge on any atom is 0.233 e. The number of nitrogens with zero attached hydrogens (tertiary/aromatic N) is 3. The van der Waals surface area contributed by atoms with Crippen molar-refractivity contribution >= 4 is 38.3 Å². The molecule has 0 saturated carbocycles. The highest BCUT2D eigenvalue weighted by Crippen LogP contribution is 2.34. The fourth-order valence-corrected chi connectivity index (χ4v) is 4.77. The minimum Gasteiger partial charge on any atom is -0.441 e. The monoisotopic (exact) mass is 489 g/mol. The molecule has 0 aliphatic heterocycles. The third kappa shape index (κ3) is 4.83. The molecule has 0 spiro atoms. The molecular formula is C27H21F2N3O2S. The summed E-state index contributed by atoms with van der Waals surface area (Å²) in [7, 11) is 0. The molecule has 0 atom stereocenters. The number of carbonyl (C=O) groups is 1. The van der Waals surface area contributed by atoms with Gasteiger partial charge in [0.1, 0.15) is 11.6 Å². The zero-order valence-electron chi connectivity index (χ0n) is 18.9. The first-order valence-electron chi connectivity index (χ1n) is 11.2. The summed E-state index contributed by atoms with van der Waals surface area (Å²) in [6.45, 7) is 2.08. The molecule has 2 aromatic heterocycles. The van der Waals surface area contributed by atoms with Crippen molar-refractivity contribution in [3.8, 4) is 11.3 Å². The molecule has 2 heterocycles. The lowest BCUT2D eigenvalue weighted by atomic mass is 10.1. The molecule has 0 bridgehead atoms. The second-order valence-electron chi connectivity index (χ2n) is 7.96. The Hall–Kier alpha value is -3.91. The number of amides is 1. The predicted molar refractivity (Wildman–Crippen MR) is 133 cm³/mol. The van der Waals surface area contributed by atoms with Crippen molar-refractivity contribution in [2.45, 2.75) is 26.2 Å². The van der Waals surface area contributed by atoms with Gasteiger partial charge in [0.2, 0.25) is 5.91 Å². The number of oxazole rings is 1. The van der Waals surface area contributed by atoms with Gasteiger partial charge in [0.25, 0.3) is 0 Å². The van der Waals surface area contributed by atoms with E-state index in [0.717, 1.165) is 34.5 Å². The van der Waals surface area contributed by atoms with E-state index < -0.39 is 11.6 Å². The number of aryl methyl sites for hydroxylation is 2. The lowest BCUT2D eigenvalue weighted by Gasteiger charge is -2.20. The van der Waals surface area contributed by atoms with Crippen molar-refractivity contribution in [2.24, 2.45) is 0 Å². The van der Waals surface area contributed by atoms with Gasteiger partial charge >= 0.3 is 0 Å². The van der Waals surface area contributed by atoms with Crippen LogP contribution in [0.3, 0.4) is 0 Å². The molecule has 0 saturated heterocycles. The molecule has 1 amide bonds. The van der Waals surface area contributed by atoms with Gasteiger partial charge in [-0.1, -0.05) is 42.5 Å². The van der Waals surface area contributed by atoms with Gasteiger partial charge in [-0.3, -0.25) is 9.69 Å². The number of anilines is 2. The Labute approximate surface area is 204 Å². The standard InChI is InChI=1S/C27H21F2N3O2S/c1-2-17-7-10-19(11-8-17)32(27-31-22-5-3-4-6-24(22)35-27)26(33)14-13-25-30-16-23(34-25)20-12-9-18(28)15-21(20)29/h3-12,15-16H,2,13-14H2,1H3. The van der Waals surface area contributed by atoms with Gasteiger partial charge in [0.15, 0.2) is 16.8 Å². The van der Waals surface area contributed by atoms with Crippen LogP contribution >= 0.6 is 11.3 Å². The Kier molecular flexibility index (Phi) is 6.37. The minimum absolute atomic E-state index is 0.108. The molecule has 8 heteroatoms. The molecule has 0 fully saturated rings. The molecule has 0 aliphatic carbocycles. The molecule has 0 radical (unpaired) electrons. The van der Waals surface area contributed by atoms with Crippen molar-refractivity contribution in [3.63, 3.8) is 0 Å². The van der Waals surface area contributed by atoms with Gasteiger partial charge in [-0.05, 0) is 48.4 Å². The first kappa shape index (κ1) is 22.9. The second kappa shape index (κ2) is 9.76. The Morgan fingerprint density at radius 2 is 1.86 bits per heavy atom.